The molecule has 27 heavy (non-hydrogen) atoms. The summed E-state index contributed by atoms with van der Waals surface area (Å²) in [5.41, 5.74) is 0.453. The number of ether oxygens (including phenoxy) is 1. The summed E-state index contributed by atoms with van der Waals surface area (Å²) in [6.45, 7) is 4.18. The van der Waals surface area contributed by atoms with Crippen LogP contribution in [0.25, 0.3) is 0 Å². The molecule has 2 aromatic rings. The van der Waals surface area contributed by atoms with Gasteiger partial charge < -0.3 is 14.7 Å². The number of fused-ring (bicyclic) bond motifs is 1. The van der Waals surface area contributed by atoms with Crippen molar-refractivity contribution in [3.05, 3.63) is 53.6 Å². The number of aliphatic hydroxyl groups excluding tert-OH is 1. The minimum absolute atomic E-state index is 0.00774. The maximum absolute atomic E-state index is 12.7. The molecule has 1 N–H and O–H groups in total. The number of amides is 1. The van der Waals surface area contributed by atoms with Gasteiger partial charge in [0.1, 0.15) is 23.1 Å². The number of ketones is 1. The van der Waals surface area contributed by atoms with Crippen molar-refractivity contribution in [3.8, 4) is 5.75 Å². The average molecular weight is 367 g/mol. The Kier molecular flexibility index (Phi) is 4.19. The van der Waals surface area contributed by atoms with Crippen LogP contribution in [0.1, 0.15) is 54.3 Å². The average Bonchev–Trinajstić information content (AvgIpc) is 3.08. The van der Waals surface area contributed by atoms with E-state index in [0.29, 0.717) is 29.8 Å². The van der Waals surface area contributed by atoms with Gasteiger partial charge in [-0.05, 0) is 38.5 Å². The zero-order valence-corrected chi connectivity index (χ0v) is 15.3. The van der Waals surface area contributed by atoms with Crippen LogP contribution in [0.3, 0.4) is 0 Å². The molecule has 1 fully saturated rings. The normalized spacial score (nSPS) is 23.7. The number of aliphatic hydroxyl groups is 1. The van der Waals surface area contributed by atoms with Crippen LogP contribution >= 0.6 is 0 Å². The van der Waals surface area contributed by atoms with Crippen molar-refractivity contribution >= 4 is 11.7 Å². The molecule has 7 nitrogen and oxygen atoms in total. The Balaban J connectivity index is 1.79. The quantitative estimate of drug-likeness (QED) is 0.833. The summed E-state index contributed by atoms with van der Waals surface area (Å²) < 4.78 is 5.97. The molecule has 2 aliphatic rings. The largest absolute Gasteiger partial charge is 0.485 e. The second-order valence-corrected chi connectivity index (χ2v) is 7.46. The maximum atomic E-state index is 12.7. The molecule has 2 aliphatic heterocycles. The lowest BCUT2D eigenvalue weighted by molar-refractivity contribution is -0.139. The number of likely N-dealkylation sites (tertiary alicyclic amines) is 1. The van der Waals surface area contributed by atoms with Crippen molar-refractivity contribution in [2.24, 2.45) is 0 Å². The highest BCUT2D eigenvalue weighted by atomic mass is 16.5. The first-order chi connectivity index (χ1) is 12.9. The highest BCUT2D eigenvalue weighted by Gasteiger charge is 2.47. The highest BCUT2D eigenvalue weighted by Crippen LogP contribution is 2.44. The number of benzene rings is 1. The van der Waals surface area contributed by atoms with Crippen LogP contribution < -0.4 is 4.74 Å². The predicted octanol–water partition coefficient (Wildman–Crippen LogP) is 1.90. The fourth-order valence-electron chi connectivity index (χ4n) is 3.77. The van der Waals surface area contributed by atoms with Crippen molar-refractivity contribution in [1.82, 2.24) is 14.9 Å². The first-order valence-corrected chi connectivity index (χ1v) is 9.00. The lowest BCUT2D eigenvalue weighted by Crippen LogP contribution is -2.53. The van der Waals surface area contributed by atoms with E-state index in [1.165, 1.54) is 18.6 Å². The number of nitrogens with zero attached hydrogens (tertiary/aromatic N) is 3. The number of aromatic nitrogens is 2. The molecule has 0 aliphatic carbocycles. The van der Waals surface area contributed by atoms with E-state index in [2.05, 4.69) is 9.97 Å². The van der Waals surface area contributed by atoms with Crippen LogP contribution in [0.5, 0.6) is 5.75 Å². The van der Waals surface area contributed by atoms with E-state index in [0.717, 1.165) is 6.42 Å². The van der Waals surface area contributed by atoms with E-state index >= 15 is 0 Å². The number of hydrogen-bond acceptors (Lipinski definition) is 6. The molecule has 1 saturated heterocycles. The van der Waals surface area contributed by atoms with Crippen LogP contribution in [-0.4, -0.2) is 49.9 Å². The van der Waals surface area contributed by atoms with Gasteiger partial charge in [-0.2, -0.15) is 0 Å². The molecular formula is C20H21N3O4. The van der Waals surface area contributed by atoms with Crippen molar-refractivity contribution in [1.29, 1.82) is 0 Å². The fourth-order valence-corrected chi connectivity index (χ4v) is 3.77. The predicted molar refractivity (Wildman–Crippen MR) is 96.3 cm³/mol. The van der Waals surface area contributed by atoms with Gasteiger partial charge in [-0.25, -0.2) is 4.98 Å². The Morgan fingerprint density at radius 2 is 2.15 bits per heavy atom. The summed E-state index contributed by atoms with van der Waals surface area (Å²) in [6.07, 6.45) is 4.71. The van der Waals surface area contributed by atoms with Gasteiger partial charge in [-0.3, -0.25) is 14.6 Å². The van der Waals surface area contributed by atoms with E-state index in [-0.39, 0.29) is 17.4 Å². The number of rotatable bonds is 3. The Morgan fingerprint density at radius 1 is 1.33 bits per heavy atom. The molecule has 1 aromatic carbocycles. The van der Waals surface area contributed by atoms with Gasteiger partial charge in [0, 0.05) is 36.5 Å². The maximum Gasteiger partial charge on any atom is 0.223 e. The molecule has 7 heteroatoms. The molecule has 2 unspecified atom stereocenters. The Hall–Kier alpha value is -2.80. The van der Waals surface area contributed by atoms with Crippen LogP contribution in [-0.2, 0) is 4.79 Å². The van der Waals surface area contributed by atoms with Crippen LogP contribution in [0.2, 0.25) is 0 Å². The molecule has 0 radical (unpaired) electrons. The first-order valence-electron chi connectivity index (χ1n) is 9.00. The van der Waals surface area contributed by atoms with Gasteiger partial charge in [0.15, 0.2) is 0 Å². The number of hydrogen-bond donors (Lipinski definition) is 1. The topological polar surface area (TPSA) is 92.6 Å². The van der Waals surface area contributed by atoms with Crippen LogP contribution in [0, 0.1) is 0 Å². The molecule has 0 bridgehead atoms. The molecule has 140 valence electrons. The highest BCUT2D eigenvalue weighted by molar-refractivity contribution is 6.07. The van der Waals surface area contributed by atoms with E-state index in [1.54, 1.807) is 36.9 Å². The smallest absolute Gasteiger partial charge is 0.223 e. The van der Waals surface area contributed by atoms with Crippen molar-refractivity contribution < 1.29 is 19.4 Å². The lowest BCUT2D eigenvalue weighted by atomic mass is 9.84. The number of carbonyl (C=O) groups is 2. The Morgan fingerprint density at radius 3 is 2.81 bits per heavy atom. The molecular weight excluding hydrogens is 346 g/mol. The van der Waals surface area contributed by atoms with Gasteiger partial charge in [0.05, 0.1) is 12.2 Å². The molecule has 3 heterocycles. The summed E-state index contributed by atoms with van der Waals surface area (Å²) in [5.74, 6) is 0.316. The standard InChI is InChI=1S/C20H21N3O4/c1-20(2)19(26)17(23-9-3-4-16(23)24)13-10-12(5-6-15(13)27-20)18(25)14-11-21-7-8-22-14/h5-8,10-11,17,19,26H,3-4,9H2,1-2H3. The minimum atomic E-state index is -0.908. The van der Waals surface area contributed by atoms with Crippen molar-refractivity contribution in [2.45, 2.75) is 44.4 Å². The molecule has 2 atom stereocenters. The zero-order valence-electron chi connectivity index (χ0n) is 15.3. The second kappa shape index (κ2) is 6.42. The lowest BCUT2D eigenvalue weighted by Gasteiger charge is -2.45. The summed E-state index contributed by atoms with van der Waals surface area (Å²) in [6, 6.07) is 4.54. The SMILES string of the molecule is CC1(C)Oc2ccc(C(=O)c3cnccn3)cc2C(N2CCCC2=O)C1O. The van der Waals surface area contributed by atoms with E-state index in [4.69, 9.17) is 4.74 Å². The van der Waals surface area contributed by atoms with Gasteiger partial charge in [0.2, 0.25) is 11.7 Å². The summed E-state index contributed by atoms with van der Waals surface area (Å²) in [7, 11) is 0. The first kappa shape index (κ1) is 17.6. The Bertz CT molecular complexity index is 897. The zero-order chi connectivity index (χ0) is 19.2. The van der Waals surface area contributed by atoms with E-state index in [1.807, 2.05) is 0 Å². The second-order valence-electron chi connectivity index (χ2n) is 7.46. The Labute approximate surface area is 157 Å². The summed E-state index contributed by atoms with van der Waals surface area (Å²) in [5, 5.41) is 10.9. The molecule has 1 aromatic heterocycles. The van der Waals surface area contributed by atoms with Crippen LogP contribution in [0.15, 0.2) is 36.8 Å². The van der Waals surface area contributed by atoms with Gasteiger partial charge in [-0.1, -0.05) is 0 Å². The monoisotopic (exact) mass is 367 g/mol. The third kappa shape index (κ3) is 2.98. The number of carbonyl (C=O) groups excluding carboxylic acids is 2. The van der Waals surface area contributed by atoms with Crippen molar-refractivity contribution in [2.75, 3.05) is 6.54 Å². The third-order valence-electron chi connectivity index (χ3n) is 5.22. The summed E-state index contributed by atoms with van der Waals surface area (Å²) in [4.78, 5) is 34.8. The van der Waals surface area contributed by atoms with E-state index in [9.17, 15) is 14.7 Å². The van der Waals surface area contributed by atoms with Gasteiger partial charge >= 0.3 is 0 Å². The minimum Gasteiger partial charge on any atom is -0.485 e. The molecule has 0 spiro atoms. The molecule has 0 saturated carbocycles. The fraction of sp³-hybridized carbons (Fsp3) is 0.400. The summed E-state index contributed by atoms with van der Waals surface area (Å²) >= 11 is 0. The van der Waals surface area contributed by atoms with Gasteiger partial charge in [0.25, 0.3) is 0 Å². The van der Waals surface area contributed by atoms with Crippen LogP contribution in [0.4, 0.5) is 0 Å². The van der Waals surface area contributed by atoms with Crippen molar-refractivity contribution in [3.63, 3.8) is 0 Å². The molecule has 4 rings (SSSR count). The third-order valence-corrected chi connectivity index (χ3v) is 5.22. The molecule has 1 amide bonds. The van der Waals surface area contributed by atoms with Gasteiger partial charge in [-0.15, -0.1) is 0 Å². The van der Waals surface area contributed by atoms with E-state index < -0.39 is 17.7 Å².